The van der Waals surface area contributed by atoms with E-state index < -0.39 is 0 Å². The summed E-state index contributed by atoms with van der Waals surface area (Å²) < 4.78 is 8.26. The van der Waals surface area contributed by atoms with E-state index in [0.717, 1.165) is 92.4 Å². The van der Waals surface area contributed by atoms with Crippen LogP contribution in [0.25, 0.3) is 10.9 Å². The molecule has 0 spiro atoms. The predicted molar refractivity (Wildman–Crippen MR) is 139 cm³/mol. The van der Waals surface area contributed by atoms with Crippen LogP contribution in [0.1, 0.15) is 92.8 Å². The van der Waals surface area contributed by atoms with Gasteiger partial charge in [0.2, 0.25) is 0 Å². The minimum Gasteiger partial charge on any atom is -0.377 e. The van der Waals surface area contributed by atoms with Crippen molar-refractivity contribution < 1.29 is 4.74 Å². The first kappa shape index (κ1) is 23.8. The van der Waals surface area contributed by atoms with Gasteiger partial charge in [-0.25, -0.2) is 4.68 Å². The average molecular weight is 491 g/mol. The first-order valence-corrected chi connectivity index (χ1v) is 13.8. The molecular weight excluding hydrogens is 452 g/mol. The lowest BCUT2D eigenvalue weighted by molar-refractivity contribution is 0.00502. The first-order valence-electron chi connectivity index (χ1n) is 13.8. The molecule has 0 bridgehead atoms. The molecule has 1 aliphatic heterocycles. The summed E-state index contributed by atoms with van der Waals surface area (Å²) in [5.41, 5.74) is 3.76. The molecule has 3 heterocycles. The molecule has 3 fully saturated rings. The summed E-state index contributed by atoms with van der Waals surface area (Å²) in [6.45, 7) is 6.35. The van der Waals surface area contributed by atoms with Crippen molar-refractivity contribution in [3.05, 3.63) is 51.1 Å². The summed E-state index contributed by atoms with van der Waals surface area (Å²) in [7, 11) is 0. The Bertz CT molecular complexity index is 1280. The van der Waals surface area contributed by atoms with Crippen molar-refractivity contribution >= 4 is 10.9 Å². The molecule has 1 N–H and O–H groups in total. The Kier molecular flexibility index (Phi) is 6.42. The van der Waals surface area contributed by atoms with Gasteiger partial charge < -0.3 is 9.72 Å². The zero-order chi connectivity index (χ0) is 24.7. The maximum Gasteiger partial charge on any atom is 0.252 e. The van der Waals surface area contributed by atoms with Gasteiger partial charge in [0.15, 0.2) is 5.82 Å². The number of rotatable bonds is 7. The number of aromatic amines is 1. The van der Waals surface area contributed by atoms with E-state index in [1.165, 1.54) is 18.4 Å². The summed E-state index contributed by atoms with van der Waals surface area (Å²) in [5.74, 6) is 0.994. The smallest absolute Gasteiger partial charge is 0.252 e. The monoisotopic (exact) mass is 490 g/mol. The lowest BCUT2D eigenvalue weighted by Gasteiger charge is -2.41. The SMILES string of the molecule is Cc1cc(C)c2[nH]c(=O)c(CN(CC3CCCO3)C3(c4nnnn4C4CCCC4)CCCC3)cc2c1. The van der Waals surface area contributed by atoms with Crippen molar-refractivity contribution in [2.75, 3.05) is 13.2 Å². The van der Waals surface area contributed by atoms with Crippen LogP contribution < -0.4 is 5.56 Å². The van der Waals surface area contributed by atoms with Crippen LogP contribution in [0.3, 0.4) is 0 Å². The fourth-order valence-electron chi connectivity index (χ4n) is 7.02. The number of fused-ring (bicyclic) bond motifs is 1. The quantitative estimate of drug-likeness (QED) is 0.517. The molecule has 2 aliphatic carbocycles. The molecule has 3 aromatic rings. The third kappa shape index (κ3) is 4.28. The van der Waals surface area contributed by atoms with Crippen LogP contribution in [0, 0.1) is 13.8 Å². The van der Waals surface area contributed by atoms with Gasteiger partial charge in [0, 0.05) is 25.3 Å². The van der Waals surface area contributed by atoms with E-state index in [2.05, 4.69) is 62.1 Å². The Hall–Kier alpha value is -2.58. The van der Waals surface area contributed by atoms with Crippen LogP contribution in [0.15, 0.2) is 23.0 Å². The van der Waals surface area contributed by atoms with Gasteiger partial charge in [-0.2, -0.15) is 0 Å². The third-order valence-electron chi connectivity index (χ3n) is 8.80. The molecule has 1 unspecified atom stereocenters. The van der Waals surface area contributed by atoms with Crippen molar-refractivity contribution in [1.29, 1.82) is 0 Å². The van der Waals surface area contributed by atoms with Crippen LogP contribution in [0.5, 0.6) is 0 Å². The molecule has 8 nitrogen and oxygen atoms in total. The van der Waals surface area contributed by atoms with Crippen LogP contribution in [0.4, 0.5) is 0 Å². The number of benzene rings is 1. The van der Waals surface area contributed by atoms with Crippen molar-refractivity contribution in [2.24, 2.45) is 0 Å². The number of pyridine rings is 1. The maximum absolute atomic E-state index is 13.4. The van der Waals surface area contributed by atoms with E-state index >= 15 is 0 Å². The van der Waals surface area contributed by atoms with Gasteiger partial charge in [0.05, 0.1) is 23.2 Å². The second-order valence-electron chi connectivity index (χ2n) is 11.3. The number of H-pyrrole nitrogens is 1. The molecule has 3 aliphatic rings. The predicted octanol–water partition coefficient (Wildman–Crippen LogP) is 4.70. The lowest BCUT2D eigenvalue weighted by atomic mass is 9.91. The summed E-state index contributed by atoms with van der Waals surface area (Å²) >= 11 is 0. The Morgan fingerprint density at radius 2 is 1.89 bits per heavy atom. The van der Waals surface area contributed by atoms with E-state index in [4.69, 9.17) is 4.74 Å². The summed E-state index contributed by atoms with van der Waals surface area (Å²) in [4.78, 5) is 19.1. The zero-order valence-corrected chi connectivity index (χ0v) is 21.6. The fraction of sp³-hybridized carbons (Fsp3) is 0.643. The van der Waals surface area contributed by atoms with Crippen LogP contribution in [-0.4, -0.2) is 49.3 Å². The van der Waals surface area contributed by atoms with Crippen molar-refractivity contribution in [2.45, 2.75) is 102 Å². The summed E-state index contributed by atoms with van der Waals surface area (Å²) in [6.07, 6.45) is 11.4. The average Bonchev–Trinajstić information content (AvgIpc) is 3.67. The van der Waals surface area contributed by atoms with Crippen molar-refractivity contribution in [3.63, 3.8) is 0 Å². The molecule has 1 atom stereocenters. The summed E-state index contributed by atoms with van der Waals surface area (Å²) in [5, 5.41) is 14.5. The number of aryl methyl sites for hydroxylation is 2. The highest BCUT2D eigenvalue weighted by molar-refractivity contribution is 5.82. The molecule has 1 aromatic carbocycles. The second-order valence-corrected chi connectivity index (χ2v) is 11.3. The largest absolute Gasteiger partial charge is 0.377 e. The minimum atomic E-state index is -0.276. The van der Waals surface area contributed by atoms with E-state index in [9.17, 15) is 4.79 Å². The number of hydrogen-bond donors (Lipinski definition) is 1. The zero-order valence-electron chi connectivity index (χ0n) is 21.6. The Morgan fingerprint density at radius 1 is 1.08 bits per heavy atom. The van der Waals surface area contributed by atoms with E-state index in [1.54, 1.807) is 0 Å². The summed E-state index contributed by atoms with van der Waals surface area (Å²) in [6, 6.07) is 6.77. The molecule has 192 valence electrons. The molecule has 8 heteroatoms. The number of tetrazole rings is 1. The van der Waals surface area contributed by atoms with Crippen LogP contribution in [0.2, 0.25) is 0 Å². The molecular formula is C28H38N6O2. The minimum absolute atomic E-state index is 0.00433. The first-order chi connectivity index (χ1) is 17.5. The van der Waals surface area contributed by atoms with Gasteiger partial charge >= 0.3 is 0 Å². The number of nitrogens with one attached hydrogen (secondary N) is 1. The molecule has 2 saturated carbocycles. The van der Waals surface area contributed by atoms with E-state index in [0.29, 0.717) is 12.6 Å². The molecule has 36 heavy (non-hydrogen) atoms. The lowest BCUT2D eigenvalue weighted by Crippen LogP contribution is -2.49. The van der Waals surface area contributed by atoms with Crippen molar-refractivity contribution in [1.82, 2.24) is 30.1 Å². The molecule has 0 amide bonds. The number of hydrogen-bond acceptors (Lipinski definition) is 6. The van der Waals surface area contributed by atoms with Crippen LogP contribution in [-0.2, 0) is 16.8 Å². The van der Waals surface area contributed by atoms with Gasteiger partial charge in [-0.3, -0.25) is 9.69 Å². The highest BCUT2D eigenvalue weighted by atomic mass is 16.5. The number of aromatic nitrogens is 5. The van der Waals surface area contributed by atoms with Gasteiger partial charge in [-0.05, 0) is 85.9 Å². The van der Waals surface area contributed by atoms with Gasteiger partial charge in [-0.15, -0.1) is 5.10 Å². The highest BCUT2D eigenvalue weighted by Crippen LogP contribution is 2.45. The third-order valence-corrected chi connectivity index (χ3v) is 8.80. The fourth-order valence-corrected chi connectivity index (χ4v) is 7.02. The van der Waals surface area contributed by atoms with Gasteiger partial charge in [-0.1, -0.05) is 37.3 Å². The Morgan fingerprint density at radius 3 is 2.64 bits per heavy atom. The van der Waals surface area contributed by atoms with Gasteiger partial charge in [0.25, 0.3) is 5.56 Å². The standard InChI is InChI=1S/C28H38N6O2/c1-19-14-20(2)25-21(15-19)16-22(26(35)29-25)17-33(18-24-10-7-13-36-24)28(11-5-6-12-28)27-30-31-32-34(27)23-8-3-4-9-23/h14-16,23-24H,3-13,17-18H2,1-2H3,(H,29,35). The topological polar surface area (TPSA) is 88.9 Å². The molecule has 2 aromatic heterocycles. The number of ether oxygens (including phenoxy) is 1. The normalized spacial score (nSPS) is 22.4. The van der Waals surface area contributed by atoms with Crippen LogP contribution >= 0.6 is 0 Å². The van der Waals surface area contributed by atoms with E-state index in [1.807, 2.05) is 0 Å². The molecule has 0 radical (unpaired) electrons. The molecule has 1 saturated heterocycles. The Labute approximate surface area is 212 Å². The van der Waals surface area contributed by atoms with Crippen molar-refractivity contribution in [3.8, 4) is 0 Å². The number of nitrogens with zero attached hydrogens (tertiary/aromatic N) is 5. The van der Waals surface area contributed by atoms with E-state index in [-0.39, 0.29) is 17.2 Å². The second kappa shape index (κ2) is 9.71. The Balaban J connectivity index is 1.42. The van der Waals surface area contributed by atoms with Gasteiger partial charge in [0.1, 0.15) is 0 Å². The highest BCUT2D eigenvalue weighted by Gasteiger charge is 2.47. The maximum atomic E-state index is 13.4. The molecule has 6 rings (SSSR count).